The zero-order chi connectivity index (χ0) is 14.3. The van der Waals surface area contributed by atoms with Gasteiger partial charge in [-0.2, -0.15) is 8.78 Å². The molecular formula is C12H17F4NO2. The zero-order valence-electron chi connectivity index (χ0n) is 10.5. The van der Waals surface area contributed by atoms with Gasteiger partial charge in [-0.1, -0.05) is 6.92 Å². The average molecular weight is 283 g/mol. The SMILES string of the molecule is CCCNC(COCC(F)(F)C(F)F)c1ccco1. The molecule has 1 unspecified atom stereocenters. The summed E-state index contributed by atoms with van der Waals surface area (Å²) in [5.74, 6) is -3.60. The molecule has 0 aliphatic carbocycles. The quantitative estimate of drug-likeness (QED) is 0.706. The molecule has 0 saturated carbocycles. The van der Waals surface area contributed by atoms with Crippen molar-refractivity contribution in [2.45, 2.75) is 31.7 Å². The molecule has 0 aromatic carbocycles. The van der Waals surface area contributed by atoms with Crippen molar-refractivity contribution in [2.75, 3.05) is 19.8 Å². The smallest absolute Gasteiger partial charge is 0.330 e. The highest BCUT2D eigenvalue weighted by molar-refractivity contribution is 5.04. The third kappa shape index (κ3) is 5.20. The minimum Gasteiger partial charge on any atom is -0.468 e. The first-order valence-electron chi connectivity index (χ1n) is 5.98. The summed E-state index contributed by atoms with van der Waals surface area (Å²) in [6, 6.07) is 2.90. The van der Waals surface area contributed by atoms with E-state index in [4.69, 9.17) is 9.15 Å². The van der Waals surface area contributed by atoms with Gasteiger partial charge >= 0.3 is 12.3 Å². The van der Waals surface area contributed by atoms with Crippen LogP contribution in [0.4, 0.5) is 17.6 Å². The van der Waals surface area contributed by atoms with Crippen LogP contribution in [0.25, 0.3) is 0 Å². The lowest BCUT2D eigenvalue weighted by atomic mass is 10.2. The summed E-state index contributed by atoms with van der Waals surface area (Å²) in [6.07, 6.45) is -1.44. The number of rotatable bonds is 9. The van der Waals surface area contributed by atoms with Crippen LogP contribution in [0.2, 0.25) is 0 Å². The molecule has 0 radical (unpaired) electrons. The number of hydrogen-bond acceptors (Lipinski definition) is 3. The normalized spacial score (nSPS) is 14.0. The van der Waals surface area contributed by atoms with Crippen molar-refractivity contribution in [2.24, 2.45) is 0 Å². The minimum atomic E-state index is -4.13. The van der Waals surface area contributed by atoms with E-state index >= 15 is 0 Å². The lowest BCUT2D eigenvalue weighted by molar-refractivity contribution is -0.167. The van der Waals surface area contributed by atoms with Gasteiger partial charge in [-0.25, -0.2) is 8.78 Å². The van der Waals surface area contributed by atoms with Crippen LogP contribution in [-0.2, 0) is 4.74 Å². The first kappa shape index (κ1) is 16.0. The van der Waals surface area contributed by atoms with E-state index in [1.54, 1.807) is 12.1 Å². The largest absolute Gasteiger partial charge is 0.468 e. The van der Waals surface area contributed by atoms with Crippen molar-refractivity contribution in [1.82, 2.24) is 5.32 Å². The molecular weight excluding hydrogens is 266 g/mol. The van der Waals surface area contributed by atoms with Crippen LogP contribution in [0.5, 0.6) is 0 Å². The summed E-state index contributed by atoms with van der Waals surface area (Å²) in [7, 11) is 0. The number of nitrogens with one attached hydrogen (secondary N) is 1. The number of hydrogen-bond donors (Lipinski definition) is 1. The Labute approximate surface area is 108 Å². The van der Waals surface area contributed by atoms with Gasteiger partial charge in [0.15, 0.2) is 0 Å². The molecule has 1 rings (SSSR count). The lowest BCUT2D eigenvalue weighted by Crippen LogP contribution is -2.34. The van der Waals surface area contributed by atoms with Crippen molar-refractivity contribution in [3.8, 4) is 0 Å². The fourth-order valence-electron chi connectivity index (χ4n) is 1.43. The van der Waals surface area contributed by atoms with Crippen molar-refractivity contribution in [1.29, 1.82) is 0 Å². The zero-order valence-corrected chi connectivity index (χ0v) is 10.5. The molecule has 7 heteroatoms. The molecule has 0 aliphatic rings. The van der Waals surface area contributed by atoms with Crippen LogP contribution >= 0.6 is 0 Å². The van der Waals surface area contributed by atoms with E-state index in [2.05, 4.69) is 5.32 Å². The molecule has 0 bridgehead atoms. The number of halogens is 4. The first-order valence-corrected chi connectivity index (χ1v) is 5.98. The maximum absolute atomic E-state index is 12.7. The summed E-state index contributed by atoms with van der Waals surface area (Å²) in [4.78, 5) is 0. The van der Waals surface area contributed by atoms with Crippen molar-refractivity contribution in [3.63, 3.8) is 0 Å². The molecule has 19 heavy (non-hydrogen) atoms. The van der Waals surface area contributed by atoms with Crippen LogP contribution < -0.4 is 5.32 Å². The minimum absolute atomic E-state index is 0.157. The molecule has 0 fully saturated rings. The van der Waals surface area contributed by atoms with Crippen LogP contribution in [0.15, 0.2) is 22.8 Å². The van der Waals surface area contributed by atoms with Crippen LogP contribution in [0.1, 0.15) is 25.1 Å². The molecule has 0 amide bonds. The maximum Gasteiger partial charge on any atom is 0.330 e. The highest BCUT2D eigenvalue weighted by atomic mass is 19.3. The highest BCUT2D eigenvalue weighted by Crippen LogP contribution is 2.23. The van der Waals surface area contributed by atoms with Gasteiger partial charge in [0.1, 0.15) is 12.4 Å². The molecule has 1 N–H and O–H groups in total. The predicted octanol–water partition coefficient (Wildman–Crippen LogP) is 3.24. The Balaban J connectivity index is 2.46. The summed E-state index contributed by atoms with van der Waals surface area (Å²) in [5, 5.41) is 3.04. The Hall–Kier alpha value is -1.08. The second kappa shape index (κ2) is 7.49. The Kier molecular flexibility index (Phi) is 6.30. The van der Waals surface area contributed by atoms with Gasteiger partial charge in [0, 0.05) is 0 Å². The Morgan fingerprint density at radius 2 is 2.16 bits per heavy atom. The van der Waals surface area contributed by atoms with E-state index in [9.17, 15) is 17.6 Å². The van der Waals surface area contributed by atoms with Gasteiger partial charge in [-0.15, -0.1) is 0 Å². The molecule has 0 saturated heterocycles. The number of ether oxygens (including phenoxy) is 1. The van der Waals surface area contributed by atoms with E-state index in [1.165, 1.54) is 6.26 Å². The first-order chi connectivity index (χ1) is 8.97. The molecule has 1 aromatic rings. The standard InChI is InChI=1S/C12H17F4NO2/c1-2-5-17-9(10-4-3-6-19-10)7-18-8-12(15,16)11(13)14/h3-4,6,9,11,17H,2,5,7-8H2,1H3. The molecule has 3 nitrogen and oxygen atoms in total. The topological polar surface area (TPSA) is 34.4 Å². The van der Waals surface area contributed by atoms with Gasteiger partial charge in [0.2, 0.25) is 0 Å². The maximum atomic E-state index is 12.7. The summed E-state index contributed by atoms with van der Waals surface area (Å²) in [6.45, 7) is 1.11. The van der Waals surface area contributed by atoms with Gasteiger partial charge in [-0.05, 0) is 25.1 Å². The molecule has 1 aromatic heterocycles. The predicted molar refractivity (Wildman–Crippen MR) is 61.5 cm³/mol. The van der Waals surface area contributed by atoms with Gasteiger partial charge in [0.05, 0.1) is 18.9 Å². The third-order valence-electron chi connectivity index (χ3n) is 2.43. The van der Waals surface area contributed by atoms with E-state index in [1.807, 2.05) is 6.92 Å². The molecule has 0 aliphatic heterocycles. The molecule has 0 spiro atoms. The van der Waals surface area contributed by atoms with Gasteiger partial charge < -0.3 is 14.5 Å². The van der Waals surface area contributed by atoms with Crippen molar-refractivity contribution < 1.29 is 26.7 Å². The molecule has 1 atom stereocenters. The number of furan rings is 1. The lowest BCUT2D eigenvalue weighted by Gasteiger charge is -2.19. The molecule has 110 valence electrons. The summed E-state index contributed by atoms with van der Waals surface area (Å²) < 4.78 is 59.1. The van der Waals surface area contributed by atoms with E-state index in [0.29, 0.717) is 12.3 Å². The van der Waals surface area contributed by atoms with Gasteiger partial charge in [0.25, 0.3) is 0 Å². The van der Waals surface area contributed by atoms with Gasteiger partial charge in [-0.3, -0.25) is 0 Å². The summed E-state index contributed by atoms with van der Waals surface area (Å²) >= 11 is 0. The second-order valence-electron chi connectivity index (χ2n) is 4.10. The third-order valence-corrected chi connectivity index (χ3v) is 2.43. The Bertz CT molecular complexity index is 344. The number of alkyl halides is 4. The van der Waals surface area contributed by atoms with Crippen molar-refractivity contribution in [3.05, 3.63) is 24.2 Å². The Morgan fingerprint density at radius 1 is 1.42 bits per heavy atom. The second-order valence-corrected chi connectivity index (χ2v) is 4.10. The van der Waals surface area contributed by atoms with Crippen LogP contribution in [-0.4, -0.2) is 32.1 Å². The van der Waals surface area contributed by atoms with Crippen LogP contribution in [0.3, 0.4) is 0 Å². The Morgan fingerprint density at radius 3 is 2.68 bits per heavy atom. The van der Waals surface area contributed by atoms with E-state index < -0.39 is 25.0 Å². The highest BCUT2D eigenvalue weighted by Gasteiger charge is 2.41. The summed E-state index contributed by atoms with van der Waals surface area (Å²) in [5.41, 5.74) is 0. The average Bonchev–Trinajstić information content (AvgIpc) is 2.86. The fraction of sp³-hybridized carbons (Fsp3) is 0.667. The van der Waals surface area contributed by atoms with Crippen LogP contribution in [0, 0.1) is 0 Å². The monoisotopic (exact) mass is 283 g/mol. The van der Waals surface area contributed by atoms with E-state index in [-0.39, 0.29) is 6.61 Å². The fourth-order valence-corrected chi connectivity index (χ4v) is 1.43. The molecule has 1 heterocycles. The van der Waals surface area contributed by atoms with E-state index in [0.717, 1.165) is 6.42 Å². The van der Waals surface area contributed by atoms with Crippen molar-refractivity contribution >= 4 is 0 Å².